The number of sulfone groups is 1. The van der Waals surface area contributed by atoms with E-state index in [2.05, 4.69) is 15.0 Å². The lowest BCUT2D eigenvalue weighted by molar-refractivity contribution is 0.146. The van der Waals surface area contributed by atoms with Crippen LogP contribution in [0, 0.1) is 12.7 Å². The van der Waals surface area contributed by atoms with Gasteiger partial charge in [-0.25, -0.2) is 26.6 Å². The van der Waals surface area contributed by atoms with E-state index in [1.54, 1.807) is 13.0 Å². The van der Waals surface area contributed by atoms with Crippen molar-refractivity contribution in [1.82, 2.24) is 15.0 Å². The Bertz CT molecular complexity index is 1220. The lowest BCUT2D eigenvalue weighted by Crippen LogP contribution is -2.10. The van der Waals surface area contributed by atoms with Crippen LogP contribution in [0.25, 0.3) is 22.4 Å². The van der Waals surface area contributed by atoms with Crippen molar-refractivity contribution in [3.63, 3.8) is 0 Å². The van der Waals surface area contributed by atoms with Gasteiger partial charge in [-0.1, -0.05) is 0 Å². The zero-order chi connectivity index (χ0) is 23.5. The number of nitrogens with zero attached hydrogens (tertiary/aromatic N) is 3. The molecule has 0 radical (unpaired) electrons. The van der Waals surface area contributed by atoms with Crippen molar-refractivity contribution >= 4 is 15.8 Å². The lowest BCUT2D eigenvalue weighted by atomic mass is 9.99. The fourth-order valence-electron chi connectivity index (χ4n) is 3.08. The molecule has 3 aromatic rings. The molecule has 3 rings (SSSR count). The van der Waals surface area contributed by atoms with Gasteiger partial charge in [-0.05, 0) is 55.3 Å². The molecular weight excluding hydrogens is 445 g/mol. The first kappa shape index (κ1) is 23.5. The number of ether oxygens (including phenoxy) is 1. The monoisotopic (exact) mass is 466 g/mol. The summed E-state index contributed by atoms with van der Waals surface area (Å²) in [4.78, 5) is 12.2. The van der Waals surface area contributed by atoms with Crippen LogP contribution in [0.4, 0.5) is 19.1 Å². The molecule has 0 fully saturated rings. The van der Waals surface area contributed by atoms with E-state index in [4.69, 9.17) is 10.5 Å². The smallest absolute Gasteiger partial charge is 0.280 e. The zero-order valence-electron chi connectivity index (χ0n) is 17.3. The maximum absolute atomic E-state index is 13.5. The molecule has 0 aliphatic heterocycles. The van der Waals surface area contributed by atoms with Crippen LogP contribution >= 0.6 is 0 Å². The Morgan fingerprint density at radius 1 is 1.06 bits per heavy atom. The number of pyridine rings is 1. The molecule has 2 N–H and O–H groups in total. The van der Waals surface area contributed by atoms with Crippen molar-refractivity contribution in [1.29, 1.82) is 0 Å². The van der Waals surface area contributed by atoms with Crippen LogP contribution in [-0.2, 0) is 9.84 Å². The summed E-state index contributed by atoms with van der Waals surface area (Å²) < 4.78 is 68.7. The fourth-order valence-corrected chi connectivity index (χ4v) is 3.72. The summed E-state index contributed by atoms with van der Waals surface area (Å²) in [6, 6.07) is 8.16. The molecule has 1 aromatic carbocycles. The molecule has 0 aliphatic rings. The summed E-state index contributed by atoms with van der Waals surface area (Å²) in [6.07, 6.45) is -1.51. The van der Waals surface area contributed by atoms with Gasteiger partial charge in [0.2, 0.25) is 11.8 Å². The third-order valence-electron chi connectivity index (χ3n) is 4.39. The normalized spacial score (nSPS) is 11.7. The first-order chi connectivity index (χ1) is 15.0. The Morgan fingerprint density at radius 3 is 2.38 bits per heavy atom. The van der Waals surface area contributed by atoms with E-state index in [1.807, 2.05) is 0 Å². The van der Waals surface area contributed by atoms with Gasteiger partial charge in [0, 0.05) is 17.5 Å². The van der Waals surface area contributed by atoms with Crippen molar-refractivity contribution in [2.24, 2.45) is 0 Å². The highest BCUT2D eigenvalue weighted by Gasteiger charge is 2.21. The summed E-state index contributed by atoms with van der Waals surface area (Å²) in [6.45, 7) is 1.56. The van der Waals surface area contributed by atoms with E-state index in [-0.39, 0.29) is 41.9 Å². The number of hydrogen-bond donors (Lipinski definition) is 1. The van der Waals surface area contributed by atoms with E-state index in [1.165, 1.54) is 30.3 Å². The number of aromatic nitrogens is 3. The molecule has 0 atom stereocenters. The largest absolute Gasteiger partial charge is 0.477 e. The second-order valence-corrected chi connectivity index (χ2v) is 9.43. The van der Waals surface area contributed by atoms with Crippen LogP contribution in [0.5, 0.6) is 5.88 Å². The molecule has 0 spiro atoms. The van der Waals surface area contributed by atoms with Gasteiger partial charge >= 0.3 is 0 Å². The van der Waals surface area contributed by atoms with Crippen LogP contribution in [0.15, 0.2) is 36.4 Å². The number of hydrogen-bond acceptors (Lipinski definition) is 7. The molecule has 170 valence electrons. The highest BCUT2D eigenvalue weighted by atomic mass is 32.2. The molecule has 2 heterocycles. The number of anilines is 1. The first-order valence-electron chi connectivity index (χ1n) is 9.54. The standard InChI is InChI=1S/C21H21F3N4O3S/c1-12-10-14(11-16(26-12)19(23)24)17-18(13-4-6-15(22)7-5-13)27-21(25)28-20(17)31-8-3-9-32(2,29)30/h4-7,10-11,19H,3,8-9H2,1-2H3,(H2,25,27,28). The first-order valence-corrected chi connectivity index (χ1v) is 11.6. The predicted molar refractivity (Wildman–Crippen MR) is 115 cm³/mol. The maximum Gasteiger partial charge on any atom is 0.280 e. The molecule has 0 saturated heterocycles. The van der Waals surface area contributed by atoms with Crippen LogP contribution < -0.4 is 10.5 Å². The van der Waals surface area contributed by atoms with Crippen molar-refractivity contribution in [3.05, 3.63) is 53.6 Å². The third kappa shape index (κ3) is 5.94. The average molecular weight is 466 g/mol. The molecule has 11 heteroatoms. The van der Waals surface area contributed by atoms with E-state index in [0.717, 1.165) is 6.26 Å². The molecule has 0 bridgehead atoms. The highest BCUT2D eigenvalue weighted by molar-refractivity contribution is 7.90. The van der Waals surface area contributed by atoms with Crippen molar-refractivity contribution < 1.29 is 26.3 Å². The number of nitrogen functional groups attached to an aromatic ring is 1. The van der Waals surface area contributed by atoms with Gasteiger partial charge in [0.05, 0.1) is 23.6 Å². The highest BCUT2D eigenvalue weighted by Crippen LogP contribution is 2.39. The SMILES string of the molecule is Cc1cc(-c2c(OCCCS(C)(=O)=O)nc(N)nc2-c2ccc(F)cc2)cc(C(F)F)n1. The molecule has 0 amide bonds. The van der Waals surface area contributed by atoms with Crippen LogP contribution in [0.1, 0.15) is 24.2 Å². The van der Waals surface area contributed by atoms with Gasteiger partial charge in [-0.15, -0.1) is 0 Å². The Balaban J connectivity index is 2.15. The summed E-state index contributed by atoms with van der Waals surface area (Å²) in [5, 5.41) is 0. The summed E-state index contributed by atoms with van der Waals surface area (Å²) in [5.74, 6) is -0.714. The quantitative estimate of drug-likeness (QED) is 0.500. The van der Waals surface area contributed by atoms with Crippen LogP contribution in [0.2, 0.25) is 0 Å². The second-order valence-electron chi connectivity index (χ2n) is 7.17. The number of alkyl halides is 2. The number of benzene rings is 1. The average Bonchev–Trinajstić information content (AvgIpc) is 2.70. The van der Waals surface area contributed by atoms with Crippen molar-refractivity contribution in [3.8, 4) is 28.3 Å². The minimum atomic E-state index is -3.19. The van der Waals surface area contributed by atoms with Gasteiger partial charge in [-0.2, -0.15) is 4.98 Å². The van der Waals surface area contributed by atoms with Gasteiger partial charge < -0.3 is 10.5 Å². The molecule has 32 heavy (non-hydrogen) atoms. The van der Waals surface area contributed by atoms with Crippen LogP contribution in [-0.4, -0.2) is 42.0 Å². The van der Waals surface area contributed by atoms with Gasteiger partial charge in [-0.3, -0.25) is 4.98 Å². The fraction of sp³-hybridized carbons (Fsp3) is 0.286. The molecule has 0 unspecified atom stereocenters. The topological polar surface area (TPSA) is 108 Å². The molecule has 7 nitrogen and oxygen atoms in total. The van der Waals surface area contributed by atoms with E-state index in [9.17, 15) is 21.6 Å². The minimum Gasteiger partial charge on any atom is -0.477 e. The molecule has 0 aliphatic carbocycles. The predicted octanol–water partition coefficient (Wildman–Crippen LogP) is 3.99. The number of rotatable bonds is 8. The number of nitrogens with two attached hydrogens (primary N) is 1. The van der Waals surface area contributed by atoms with Gasteiger partial charge in [0.1, 0.15) is 21.3 Å². The zero-order valence-corrected chi connectivity index (χ0v) is 18.2. The third-order valence-corrected chi connectivity index (χ3v) is 5.42. The Hall–Kier alpha value is -3.21. The molecular formula is C21H21F3N4O3S. The van der Waals surface area contributed by atoms with E-state index >= 15 is 0 Å². The second kappa shape index (κ2) is 9.51. The van der Waals surface area contributed by atoms with Gasteiger partial charge in [0.25, 0.3) is 6.43 Å². The maximum atomic E-state index is 13.5. The van der Waals surface area contributed by atoms with Crippen molar-refractivity contribution in [2.75, 3.05) is 24.3 Å². The van der Waals surface area contributed by atoms with E-state index < -0.39 is 27.8 Å². The summed E-state index contributed by atoms with van der Waals surface area (Å²) in [5.41, 5.74) is 7.03. The van der Waals surface area contributed by atoms with E-state index in [0.29, 0.717) is 16.8 Å². The van der Waals surface area contributed by atoms with Gasteiger partial charge in [0.15, 0.2) is 0 Å². The van der Waals surface area contributed by atoms with Crippen LogP contribution in [0.3, 0.4) is 0 Å². The Labute approximate surface area is 183 Å². The number of aryl methyl sites for hydroxylation is 1. The summed E-state index contributed by atoms with van der Waals surface area (Å²) >= 11 is 0. The lowest BCUT2D eigenvalue weighted by Gasteiger charge is -2.16. The minimum absolute atomic E-state index is 0.00357. The Kier molecular flexibility index (Phi) is 6.97. The molecule has 2 aromatic heterocycles. The number of halogens is 3. The van der Waals surface area contributed by atoms with Crippen molar-refractivity contribution in [2.45, 2.75) is 19.8 Å². The summed E-state index contributed by atoms with van der Waals surface area (Å²) in [7, 11) is -3.19. The Morgan fingerprint density at radius 2 is 1.75 bits per heavy atom. The molecule has 0 saturated carbocycles.